The average molecular weight is 366 g/mol. The van der Waals surface area contributed by atoms with E-state index in [1.54, 1.807) is 12.0 Å². The lowest BCUT2D eigenvalue weighted by Gasteiger charge is -2.17. The fraction of sp³-hybridized carbons (Fsp3) is 0.364. The number of ether oxygens (including phenoxy) is 1. The molecule has 1 aliphatic rings. The smallest absolute Gasteiger partial charge is 0.225 e. The van der Waals surface area contributed by atoms with Crippen molar-refractivity contribution in [3.8, 4) is 5.75 Å². The molecule has 0 unspecified atom stereocenters. The molecule has 0 aliphatic carbocycles. The number of amides is 2. The molecule has 1 N–H and O–H groups in total. The van der Waals surface area contributed by atoms with E-state index in [4.69, 9.17) is 4.74 Å². The molecule has 2 amide bonds. The van der Waals surface area contributed by atoms with E-state index in [1.165, 1.54) is 11.1 Å². The second-order valence-corrected chi connectivity index (χ2v) is 7.01. The van der Waals surface area contributed by atoms with Gasteiger partial charge in [-0.1, -0.05) is 48.0 Å². The quantitative estimate of drug-likeness (QED) is 0.820. The van der Waals surface area contributed by atoms with Gasteiger partial charge in [0.15, 0.2) is 0 Å². The van der Waals surface area contributed by atoms with Gasteiger partial charge in [0.2, 0.25) is 11.8 Å². The van der Waals surface area contributed by atoms with E-state index in [9.17, 15) is 9.59 Å². The van der Waals surface area contributed by atoms with Crippen LogP contribution in [0, 0.1) is 12.8 Å². The first kappa shape index (κ1) is 19.0. The molecule has 0 bridgehead atoms. The fourth-order valence-corrected chi connectivity index (χ4v) is 3.36. The topological polar surface area (TPSA) is 58.6 Å². The van der Waals surface area contributed by atoms with Crippen LogP contribution in [0.15, 0.2) is 48.5 Å². The van der Waals surface area contributed by atoms with Crippen LogP contribution < -0.4 is 10.1 Å². The monoisotopic (exact) mass is 366 g/mol. The summed E-state index contributed by atoms with van der Waals surface area (Å²) in [6.45, 7) is 3.60. The molecule has 0 spiro atoms. The maximum absolute atomic E-state index is 12.5. The van der Waals surface area contributed by atoms with Gasteiger partial charge in [-0.15, -0.1) is 0 Å². The summed E-state index contributed by atoms with van der Waals surface area (Å²) in [5, 5.41) is 2.94. The highest BCUT2D eigenvalue weighted by atomic mass is 16.5. The third-order valence-corrected chi connectivity index (χ3v) is 5.02. The number of likely N-dealkylation sites (tertiary alicyclic amines) is 1. The van der Waals surface area contributed by atoms with Crippen molar-refractivity contribution in [1.82, 2.24) is 10.2 Å². The summed E-state index contributed by atoms with van der Waals surface area (Å²) in [4.78, 5) is 26.6. The van der Waals surface area contributed by atoms with Crippen LogP contribution in [0.25, 0.3) is 0 Å². The van der Waals surface area contributed by atoms with E-state index in [-0.39, 0.29) is 24.2 Å². The molecule has 5 heteroatoms. The molecule has 1 heterocycles. The summed E-state index contributed by atoms with van der Waals surface area (Å²) in [6, 6.07) is 15.9. The van der Waals surface area contributed by atoms with E-state index < -0.39 is 0 Å². The zero-order valence-corrected chi connectivity index (χ0v) is 15.9. The molecule has 1 aliphatic heterocycles. The Morgan fingerprint density at radius 3 is 2.67 bits per heavy atom. The van der Waals surface area contributed by atoms with E-state index in [2.05, 4.69) is 36.5 Å². The Bertz CT molecular complexity index is 801. The van der Waals surface area contributed by atoms with E-state index in [0.717, 1.165) is 17.7 Å². The number of para-hydroxylation sites is 1. The van der Waals surface area contributed by atoms with Crippen molar-refractivity contribution in [2.75, 3.05) is 20.2 Å². The molecule has 3 rings (SSSR count). The fourth-order valence-electron chi connectivity index (χ4n) is 3.36. The molecule has 1 fully saturated rings. The van der Waals surface area contributed by atoms with Gasteiger partial charge in [0.1, 0.15) is 5.75 Å². The summed E-state index contributed by atoms with van der Waals surface area (Å²) in [5.41, 5.74) is 3.36. The number of benzene rings is 2. The number of nitrogens with one attached hydrogen (secondary N) is 1. The van der Waals surface area contributed by atoms with Gasteiger partial charge < -0.3 is 15.0 Å². The van der Waals surface area contributed by atoms with Crippen molar-refractivity contribution in [3.63, 3.8) is 0 Å². The molecule has 0 aromatic heterocycles. The van der Waals surface area contributed by atoms with Gasteiger partial charge in [0, 0.05) is 31.6 Å². The minimum absolute atomic E-state index is 0.0551. The van der Waals surface area contributed by atoms with Crippen LogP contribution in [-0.2, 0) is 22.6 Å². The normalized spacial score (nSPS) is 16.4. The molecule has 1 saturated heterocycles. The number of carbonyl (C=O) groups is 2. The maximum atomic E-state index is 12.5. The molecule has 2 aromatic rings. The van der Waals surface area contributed by atoms with Crippen molar-refractivity contribution in [2.45, 2.75) is 26.3 Å². The molecule has 142 valence electrons. The second-order valence-electron chi connectivity index (χ2n) is 7.01. The number of nitrogens with zero attached hydrogens (tertiary/aromatic N) is 1. The standard InChI is InChI=1S/C22H26N2O3/c1-16-7-9-17(10-8-16)11-12-24-15-19(13-21(24)25)22(26)23-14-18-5-3-4-6-20(18)27-2/h3-10,19H,11-15H2,1-2H3,(H,23,26)/t19-/m1/s1. The zero-order valence-electron chi connectivity index (χ0n) is 15.9. The van der Waals surface area contributed by atoms with Crippen LogP contribution in [0.2, 0.25) is 0 Å². The number of hydrogen-bond donors (Lipinski definition) is 1. The summed E-state index contributed by atoms with van der Waals surface area (Å²) >= 11 is 0. The minimum Gasteiger partial charge on any atom is -0.496 e. The molecule has 0 radical (unpaired) electrons. The summed E-state index contributed by atoms with van der Waals surface area (Å²) in [7, 11) is 1.61. The Labute approximate surface area is 160 Å². The molecule has 5 nitrogen and oxygen atoms in total. The van der Waals surface area contributed by atoms with E-state index in [0.29, 0.717) is 19.6 Å². The molecule has 2 aromatic carbocycles. The van der Waals surface area contributed by atoms with Gasteiger partial charge in [0.05, 0.1) is 13.0 Å². The third kappa shape index (κ3) is 4.88. The van der Waals surface area contributed by atoms with Crippen molar-refractivity contribution in [1.29, 1.82) is 0 Å². The first-order valence-corrected chi connectivity index (χ1v) is 9.29. The lowest BCUT2D eigenvalue weighted by Crippen LogP contribution is -2.33. The average Bonchev–Trinajstić information content (AvgIpc) is 3.06. The SMILES string of the molecule is COc1ccccc1CNC(=O)[C@@H]1CC(=O)N(CCc2ccc(C)cc2)C1. The highest BCUT2D eigenvalue weighted by Crippen LogP contribution is 2.20. The predicted octanol–water partition coefficient (Wildman–Crippen LogP) is 2.71. The van der Waals surface area contributed by atoms with Crippen molar-refractivity contribution >= 4 is 11.8 Å². The zero-order chi connectivity index (χ0) is 19.2. The minimum atomic E-state index is -0.287. The number of carbonyl (C=O) groups excluding carboxylic acids is 2. The van der Waals surface area contributed by atoms with Crippen LogP contribution in [0.5, 0.6) is 5.75 Å². The van der Waals surface area contributed by atoms with Gasteiger partial charge in [-0.05, 0) is 25.0 Å². The number of rotatable bonds is 7. The number of hydrogen-bond acceptors (Lipinski definition) is 3. The Hall–Kier alpha value is -2.82. The largest absolute Gasteiger partial charge is 0.496 e. The maximum Gasteiger partial charge on any atom is 0.225 e. The molecular formula is C22H26N2O3. The number of aryl methyl sites for hydroxylation is 1. The second kappa shape index (κ2) is 8.71. The van der Waals surface area contributed by atoms with E-state index in [1.807, 2.05) is 24.3 Å². The highest BCUT2D eigenvalue weighted by Gasteiger charge is 2.33. The molecular weight excluding hydrogens is 340 g/mol. The third-order valence-electron chi connectivity index (χ3n) is 5.02. The van der Waals surface area contributed by atoms with Gasteiger partial charge in [-0.2, -0.15) is 0 Å². The first-order chi connectivity index (χ1) is 13.1. The van der Waals surface area contributed by atoms with E-state index >= 15 is 0 Å². The van der Waals surface area contributed by atoms with Gasteiger partial charge in [-0.3, -0.25) is 9.59 Å². The van der Waals surface area contributed by atoms with Crippen LogP contribution in [0.1, 0.15) is 23.1 Å². The predicted molar refractivity (Wildman–Crippen MR) is 104 cm³/mol. The Balaban J connectivity index is 1.50. The van der Waals surface area contributed by atoms with Crippen LogP contribution in [0.3, 0.4) is 0 Å². The van der Waals surface area contributed by atoms with Gasteiger partial charge in [-0.25, -0.2) is 0 Å². The summed E-state index contributed by atoms with van der Waals surface area (Å²) in [6.07, 6.45) is 1.09. The lowest BCUT2D eigenvalue weighted by molar-refractivity contribution is -0.129. The lowest BCUT2D eigenvalue weighted by atomic mass is 10.1. The van der Waals surface area contributed by atoms with Crippen LogP contribution in [-0.4, -0.2) is 36.9 Å². The van der Waals surface area contributed by atoms with Crippen molar-refractivity contribution < 1.29 is 14.3 Å². The van der Waals surface area contributed by atoms with Gasteiger partial charge in [0.25, 0.3) is 0 Å². The molecule has 1 atom stereocenters. The Morgan fingerprint density at radius 1 is 1.19 bits per heavy atom. The first-order valence-electron chi connectivity index (χ1n) is 9.29. The van der Waals surface area contributed by atoms with Crippen LogP contribution in [0.4, 0.5) is 0 Å². The van der Waals surface area contributed by atoms with Gasteiger partial charge >= 0.3 is 0 Å². The summed E-state index contributed by atoms with van der Waals surface area (Å²) in [5.74, 6) is 0.442. The molecule has 27 heavy (non-hydrogen) atoms. The van der Waals surface area contributed by atoms with Crippen molar-refractivity contribution in [2.24, 2.45) is 5.92 Å². The number of methoxy groups -OCH3 is 1. The molecule has 0 saturated carbocycles. The summed E-state index contributed by atoms with van der Waals surface area (Å²) < 4.78 is 5.30. The van der Waals surface area contributed by atoms with Crippen LogP contribution >= 0.6 is 0 Å². The van der Waals surface area contributed by atoms with Crippen molar-refractivity contribution in [3.05, 3.63) is 65.2 Å². The Kier molecular flexibility index (Phi) is 6.12. The highest BCUT2D eigenvalue weighted by molar-refractivity contribution is 5.89. The Morgan fingerprint density at radius 2 is 1.93 bits per heavy atom.